The molecule has 0 saturated carbocycles. The molecule has 0 aromatic heterocycles. The Bertz CT molecular complexity index is 961. The molecule has 5 heteroatoms. The van der Waals surface area contributed by atoms with Gasteiger partial charge in [-0.1, -0.05) is 72.3 Å². The fraction of sp³-hybridized carbons (Fsp3) is 0.130. The number of amides is 1. The highest BCUT2D eigenvalue weighted by atomic mass is 35.5. The van der Waals surface area contributed by atoms with Gasteiger partial charge in [-0.15, -0.1) is 11.8 Å². The van der Waals surface area contributed by atoms with Crippen LogP contribution in [0.2, 0.25) is 5.02 Å². The maximum atomic E-state index is 12.9. The number of anilines is 1. The molecule has 3 rings (SSSR count). The summed E-state index contributed by atoms with van der Waals surface area (Å²) < 4.78 is 0. The molecule has 0 saturated heterocycles. The molecule has 0 spiro atoms. The molecule has 0 heterocycles. The molecule has 0 aliphatic rings. The van der Waals surface area contributed by atoms with Crippen molar-refractivity contribution in [1.29, 1.82) is 0 Å². The Morgan fingerprint density at radius 1 is 0.964 bits per heavy atom. The zero-order chi connectivity index (χ0) is 19.9. The van der Waals surface area contributed by atoms with E-state index in [1.165, 1.54) is 5.56 Å². The summed E-state index contributed by atoms with van der Waals surface area (Å²) in [6.07, 6.45) is 0. The van der Waals surface area contributed by atoms with E-state index in [1.54, 1.807) is 54.2 Å². The molecule has 0 unspecified atom stereocenters. The first kappa shape index (κ1) is 20.2. The van der Waals surface area contributed by atoms with Gasteiger partial charge in [0.2, 0.25) is 5.91 Å². The summed E-state index contributed by atoms with van der Waals surface area (Å²) in [4.78, 5) is 25.5. The van der Waals surface area contributed by atoms with Crippen LogP contribution in [0, 0.1) is 0 Å². The van der Waals surface area contributed by atoms with Crippen molar-refractivity contribution >= 4 is 40.7 Å². The predicted octanol–water partition coefficient (Wildman–Crippen LogP) is 5.83. The van der Waals surface area contributed by atoms with Gasteiger partial charge in [-0.3, -0.25) is 9.59 Å². The Labute approximate surface area is 174 Å². The number of rotatable bonds is 7. The largest absolute Gasteiger partial charge is 0.324 e. The first-order valence-corrected chi connectivity index (χ1v) is 10.3. The summed E-state index contributed by atoms with van der Waals surface area (Å²) in [7, 11) is 0. The van der Waals surface area contributed by atoms with Gasteiger partial charge in [0.05, 0.1) is 10.9 Å². The number of nitrogens with one attached hydrogen (secondary N) is 1. The number of carbonyl (C=O) groups is 2. The molecule has 0 fully saturated rings. The molecule has 3 aromatic carbocycles. The third-order valence-electron chi connectivity index (χ3n) is 4.23. The van der Waals surface area contributed by atoms with Gasteiger partial charge in [-0.25, -0.2) is 0 Å². The summed E-state index contributed by atoms with van der Waals surface area (Å²) in [5.74, 6) is 0.416. The lowest BCUT2D eigenvalue weighted by atomic mass is 10.0. The summed E-state index contributed by atoms with van der Waals surface area (Å²) in [5, 5.41) is 3.07. The average Bonchev–Trinajstić information content (AvgIpc) is 2.74. The number of ketones is 1. The molecule has 1 amide bonds. The zero-order valence-electron chi connectivity index (χ0n) is 15.4. The first-order chi connectivity index (χ1) is 13.5. The van der Waals surface area contributed by atoms with E-state index < -0.39 is 0 Å². The highest BCUT2D eigenvalue weighted by Crippen LogP contribution is 2.25. The molecule has 0 radical (unpaired) electrons. The molecule has 3 nitrogen and oxygen atoms in total. The van der Waals surface area contributed by atoms with Crippen molar-refractivity contribution < 1.29 is 9.59 Å². The predicted molar refractivity (Wildman–Crippen MR) is 117 cm³/mol. The van der Waals surface area contributed by atoms with Crippen LogP contribution in [0.3, 0.4) is 0 Å². The first-order valence-electron chi connectivity index (χ1n) is 8.90. The third kappa shape index (κ3) is 5.24. The normalized spacial score (nSPS) is 11.6. The molecular weight excluding hydrogens is 390 g/mol. The number of benzene rings is 3. The van der Waals surface area contributed by atoms with Crippen LogP contribution in [0.5, 0.6) is 0 Å². The van der Waals surface area contributed by atoms with Gasteiger partial charge in [-0.2, -0.15) is 0 Å². The molecule has 1 atom stereocenters. The van der Waals surface area contributed by atoms with E-state index in [9.17, 15) is 9.59 Å². The number of carbonyl (C=O) groups excluding carboxylic acids is 2. The summed E-state index contributed by atoms with van der Waals surface area (Å²) in [5.41, 5.74) is 2.56. The van der Waals surface area contributed by atoms with Gasteiger partial charge in [0.15, 0.2) is 5.78 Å². The topological polar surface area (TPSA) is 46.2 Å². The van der Waals surface area contributed by atoms with Crippen molar-refractivity contribution in [3.05, 3.63) is 101 Å². The smallest absolute Gasteiger partial charge is 0.237 e. The Morgan fingerprint density at radius 2 is 1.61 bits per heavy atom. The Hall–Kier alpha value is -2.56. The van der Waals surface area contributed by atoms with Crippen LogP contribution in [-0.2, 0) is 10.5 Å². The van der Waals surface area contributed by atoms with E-state index in [4.69, 9.17) is 11.6 Å². The Balaban J connectivity index is 1.73. The maximum absolute atomic E-state index is 12.9. The van der Waals surface area contributed by atoms with Gasteiger partial charge in [0.25, 0.3) is 0 Å². The van der Waals surface area contributed by atoms with Crippen molar-refractivity contribution in [2.75, 3.05) is 5.32 Å². The van der Waals surface area contributed by atoms with Crippen molar-refractivity contribution in [3.63, 3.8) is 0 Å². The second-order valence-electron chi connectivity index (χ2n) is 6.31. The number of hydrogen-bond donors (Lipinski definition) is 1. The number of halogens is 1. The van der Waals surface area contributed by atoms with E-state index in [0.29, 0.717) is 21.8 Å². The van der Waals surface area contributed by atoms with Crippen LogP contribution in [-0.4, -0.2) is 16.9 Å². The van der Waals surface area contributed by atoms with Crippen LogP contribution in [0.1, 0.15) is 28.4 Å². The molecule has 3 aromatic rings. The highest BCUT2D eigenvalue weighted by Gasteiger charge is 2.19. The minimum atomic E-state index is -0.268. The van der Waals surface area contributed by atoms with Crippen molar-refractivity contribution in [2.45, 2.75) is 17.9 Å². The molecule has 142 valence electrons. The molecular formula is C23H20ClNO2S. The summed E-state index contributed by atoms with van der Waals surface area (Å²) in [6, 6.07) is 23.9. The van der Waals surface area contributed by atoms with Crippen LogP contribution < -0.4 is 5.32 Å². The van der Waals surface area contributed by atoms with Crippen molar-refractivity contribution in [2.24, 2.45) is 0 Å². The molecule has 1 N–H and O–H groups in total. The molecule has 0 aliphatic carbocycles. The van der Waals surface area contributed by atoms with Gasteiger partial charge in [-0.05, 0) is 30.7 Å². The van der Waals surface area contributed by atoms with E-state index in [2.05, 4.69) is 5.32 Å². The lowest BCUT2D eigenvalue weighted by molar-refractivity contribution is -0.115. The third-order valence-corrected chi connectivity index (χ3v) is 5.68. The van der Waals surface area contributed by atoms with Gasteiger partial charge < -0.3 is 5.32 Å². The molecule has 0 bridgehead atoms. The number of hydrogen-bond acceptors (Lipinski definition) is 3. The van der Waals surface area contributed by atoms with Gasteiger partial charge in [0.1, 0.15) is 0 Å². The lowest BCUT2D eigenvalue weighted by Gasteiger charge is -2.15. The number of thioether (sulfide) groups is 1. The fourth-order valence-corrected chi connectivity index (χ4v) is 3.68. The van der Waals surface area contributed by atoms with Crippen LogP contribution in [0.4, 0.5) is 5.69 Å². The summed E-state index contributed by atoms with van der Waals surface area (Å²) >= 11 is 7.64. The minimum Gasteiger partial charge on any atom is -0.324 e. The minimum absolute atomic E-state index is 0.148. The highest BCUT2D eigenvalue weighted by molar-refractivity contribution is 7.99. The molecule has 28 heavy (non-hydrogen) atoms. The Kier molecular flexibility index (Phi) is 6.90. The van der Waals surface area contributed by atoms with Crippen molar-refractivity contribution in [3.8, 4) is 0 Å². The van der Waals surface area contributed by atoms with E-state index in [1.807, 2.05) is 43.3 Å². The van der Waals surface area contributed by atoms with Crippen LogP contribution in [0.25, 0.3) is 0 Å². The SMILES string of the molecule is C[C@@H](SCc1ccccc1)C(=O)Nc1ccc(Cl)cc1C(=O)c1ccccc1. The van der Waals surface area contributed by atoms with Crippen molar-refractivity contribution in [1.82, 2.24) is 0 Å². The summed E-state index contributed by atoms with van der Waals surface area (Å²) in [6.45, 7) is 1.86. The van der Waals surface area contributed by atoms with Gasteiger partial charge in [0, 0.05) is 21.9 Å². The second kappa shape index (κ2) is 9.58. The van der Waals surface area contributed by atoms with E-state index >= 15 is 0 Å². The monoisotopic (exact) mass is 409 g/mol. The average molecular weight is 410 g/mol. The zero-order valence-corrected chi connectivity index (χ0v) is 17.0. The fourth-order valence-electron chi connectivity index (χ4n) is 2.66. The quantitative estimate of drug-likeness (QED) is 0.499. The lowest BCUT2D eigenvalue weighted by Crippen LogP contribution is -2.24. The standard InChI is InChI=1S/C23H20ClNO2S/c1-16(28-15-17-8-4-2-5-9-17)23(27)25-21-13-12-19(24)14-20(21)22(26)18-10-6-3-7-11-18/h2-14,16H,15H2,1H3,(H,25,27)/t16-/m1/s1. The van der Waals surface area contributed by atoms with E-state index in [0.717, 1.165) is 5.75 Å². The van der Waals surface area contributed by atoms with E-state index in [-0.39, 0.29) is 16.9 Å². The van der Waals surface area contributed by atoms with Crippen LogP contribution in [0.15, 0.2) is 78.9 Å². The Morgan fingerprint density at radius 3 is 2.29 bits per heavy atom. The maximum Gasteiger partial charge on any atom is 0.237 e. The second-order valence-corrected chi connectivity index (χ2v) is 8.08. The van der Waals surface area contributed by atoms with Crippen LogP contribution >= 0.6 is 23.4 Å². The van der Waals surface area contributed by atoms with Gasteiger partial charge >= 0.3 is 0 Å². The molecule has 0 aliphatic heterocycles.